The summed E-state index contributed by atoms with van der Waals surface area (Å²) in [7, 11) is 0. The standard InChI is InChI=1S/C9H9BrClNO/c10-8-3-6(11)1-2-9(8)12-7-4-13-5-7/h1-3,7,12H,4-5H2. The molecule has 0 atom stereocenters. The summed E-state index contributed by atoms with van der Waals surface area (Å²) < 4.78 is 6.06. The molecule has 4 heteroatoms. The first-order valence-electron chi connectivity index (χ1n) is 4.05. The number of rotatable bonds is 2. The summed E-state index contributed by atoms with van der Waals surface area (Å²) >= 11 is 9.26. The van der Waals surface area contributed by atoms with E-state index >= 15 is 0 Å². The molecule has 0 amide bonds. The molecule has 0 saturated carbocycles. The fraction of sp³-hybridized carbons (Fsp3) is 0.333. The van der Waals surface area contributed by atoms with E-state index in [9.17, 15) is 0 Å². The van der Waals surface area contributed by atoms with Gasteiger partial charge in [-0.25, -0.2) is 0 Å². The van der Waals surface area contributed by atoms with Crippen LogP contribution in [0.25, 0.3) is 0 Å². The Balaban J connectivity index is 2.10. The zero-order chi connectivity index (χ0) is 9.26. The number of hydrogen-bond acceptors (Lipinski definition) is 2. The molecule has 0 spiro atoms. The zero-order valence-electron chi connectivity index (χ0n) is 6.89. The molecule has 1 N–H and O–H groups in total. The minimum atomic E-state index is 0.442. The van der Waals surface area contributed by atoms with Crippen LogP contribution in [0.1, 0.15) is 0 Å². The predicted octanol–water partition coefficient (Wildman–Crippen LogP) is 2.91. The molecular weight excluding hydrogens is 253 g/mol. The Kier molecular flexibility index (Phi) is 2.77. The van der Waals surface area contributed by atoms with Crippen molar-refractivity contribution in [3.8, 4) is 0 Å². The van der Waals surface area contributed by atoms with Crippen molar-refractivity contribution >= 4 is 33.2 Å². The lowest BCUT2D eigenvalue weighted by atomic mass is 10.2. The molecule has 0 aromatic heterocycles. The monoisotopic (exact) mass is 261 g/mol. The maximum atomic E-state index is 5.82. The van der Waals surface area contributed by atoms with E-state index in [-0.39, 0.29) is 0 Å². The van der Waals surface area contributed by atoms with Crippen molar-refractivity contribution in [2.24, 2.45) is 0 Å². The van der Waals surface area contributed by atoms with E-state index in [0.29, 0.717) is 6.04 Å². The molecule has 2 rings (SSSR count). The van der Waals surface area contributed by atoms with E-state index in [4.69, 9.17) is 16.3 Å². The van der Waals surface area contributed by atoms with Gasteiger partial charge in [-0.1, -0.05) is 11.6 Å². The highest BCUT2D eigenvalue weighted by molar-refractivity contribution is 9.10. The van der Waals surface area contributed by atoms with Crippen LogP contribution in [0, 0.1) is 0 Å². The summed E-state index contributed by atoms with van der Waals surface area (Å²) in [5, 5.41) is 4.08. The summed E-state index contributed by atoms with van der Waals surface area (Å²) in [4.78, 5) is 0. The fourth-order valence-corrected chi connectivity index (χ4v) is 1.94. The third-order valence-electron chi connectivity index (χ3n) is 1.93. The minimum absolute atomic E-state index is 0.442. The number of nitrogens with one attached hydrogen (secondary N) is 1. The largest absolute Gasteiger partial charge is 0.377 e. The number of benzene rings is 1. The van der Waals surface area contributed by atoms with E-state index in [1.165, 1.54) is 0 Å². The lowest BCUT2D eigenvalue weighted by molar-refractivity contribution is 0.0211. The van der Waals surface area contributed by atoms with Crippen LogP contribution in [0.4, 0.5) is 5.69 Å². The van der Waals surface area contributed by atoms with Crippen LogP contribution < -0.4 is 5.32 Å². The molecule has 2 nitrogen and oxygen atoms in total. The maximum Gasteiger partial charge on any atom is 0.0729 e. The Morgan fingerprint density at radius 1 is 1.46 bits per heavy atom. The minimum Gasteiger partial charge on any atom is -0.377 e. The van der Waals surface area contributed by atoms with Crippen molar-refractivity contribution in [2.75, 3.05) is 18.5 Å². The molecule has 70 valence electrons. The van der Waals surface area contributed by atoms with Gasteiger partial charge in [0.1, 0.15) is 0 Å². The van der Waals surface area contributed by atoms with Gasteiger partial charge in [-0.3, -0.25) is 0 Å². The number of ether oxygens (including phenoxy) is 1. The third kappa shape index (κ3) is 2.16. The smallest absolute Gasteiger partial charge is 0.0729 e. The summed E-state index contributed by atoms with van der Waals surface area (Å²) in [6.45, 7) is 1.57. The SMILES string of the molecule is Clc1ccc(NC2COC2)c(Br)c1. The Labute approximate surface area is 90.4 Å². The topological polar surface area (TPSA) is 21.3 Å². The lowest BCUT2D eigenvalue weighted by Gasteiger charge is -2.28. The zero-order valence-corrected chi connectivity index (χ0v) is 9.23. The van der Waals surface area contributed by atoms with Crippen molar-refractivity contribution in [3.63, 3.8) is 0 Å². The molecule has 0 bridgehead atoms. The van der Waals surface area contributed by atoms with Crippen molar-refractivity contribution < 1.29 is 4.74 Å². The first-order chi connectivity index (χ1) is 6.25. The van der Waals surface area contributed by atoms with E-state index in [1.54, 1.807) is 0 Å². The number of anilines is 1. The van der Waals surface area contributed by atoms with Crippen LogP contribution in [0.15, 0.2) is 22.7 Å². The molecule has 1 fully saturated rings. The first kappa shape index (κ1) is 9.31. The number of halogens is 2. The molecule has 1 saturated heterocycles. The Bertz CT molecular complexity index is 314. The van der Waals surface area contributed by atoms with Crippen molar-refractivity contribution in [1.29, 1.82) is 0 Å². The Morgan fingerprint density at radius 3 is 2.77 bits per heavy atom. The van der Waals surface area contributed by atoms with Gasteiger partial charge in [-0.2, -0.15) is 0 Å². The molecule has 1 aromatic carbocycles. The summed E-state index contributed by atoms with van der Waals surface area (Å²) in [5.41, 5.74) is 1.07. The fourth-order valence-electron chi connectivity index (χ4n) is 1.15. The molecule has 0 unspecified atom stereocenters. The van der Waals surface area contributed by atoms with Gasteiger partial charge in [-0.15, -0.1) is 0 Å². The maximum absolute atomic E-state index is 5.82. The average Bonchev–Trinajstić information content (AvgIpc) is 1.99. The van der Waals surface area contributed by atoms with Gasteiger partial charge >= 0.3 is 0 Å². The average molecular weight is 263 g/mol. The second-order valence-electron chi connectivity index (χ2n) is 3.00. The highest BCUT2D eigenvalue weighted by Crippen LogP contribution is 2.27. The second kappa shape index (κ2) is 3.86. The van der Waals surface area contributed by atoms with Gasteiger partial charge in [0.05, 0.1) is 19.3 Å². The van der Waals surface area contributed by atoms with E-state index in [1.807, 2.05) is 18.2 Å². The van der Waals surface area contributed by atoms with Crippen molar-refractivity contribution in [3.05, 3.63) is 27.7 Å². The highest BCUT2D eigenvalue weighted by Gasteiger charge is 2.18. The molecule has 0 radical (unpaired) electrons. The van der Waals surface area contributed by atoms with E-state index in [2.05, 4.69) is 21.2 Å². The predicted molar refractivity (Wildman–Crippen MR) is 57.4 cm³/mol. The summed E-state index contributed by atoms with van der Waals surface area (Å²) in [6, 6.07) is 6.15. The Morgan fingerprint density at radius 2 is 2.23 bits per heavy atom. The van der Waals surface area contributed by atoms with Gasteiger partial charge in [0.15, 0.2) is 0 Å². The van der Waals surface area contributed by atoms with Crippen molar-refractivity contribution in [2.45, 2.75) is 6.04 Å². The number of hydrogen-bond donors (Lipinski definition) is 1. The van der Waals surface area contributed by atoms with Gasteiger partial charge in [0, 0.05) is 15.2 Å². The van der Waals surface area contributed by atoms with E-state index in [0.717, 1.165) is 28.4 Å². The van der Waals surface area contributed by atoms with Gasteiger partial charge < -0.3 is 10.1 Å². The van der Waals surface area contributed by atoms with Crippen LogP contribution in [-0.4, -0.2) is 19.3 Å². The van der Waals surface area contributed by atoms with Crippen LogP contribution >= 0.6 is 27.5 Å². The van der Waals surface area contributed by atoms with Gasteiger partial charge in [0.2, 0.25) is 0 Å². The second-order valence-corrected chi connectivity index (χ2v) is 4.29. The van der Waals surface area contributed by atoms with Crippen LogP contribution in [0.3, 0.4) is 0 Å². The van der Waals surface area contributed by atoms with Gasteiger partial charge in [-0.05, 0) is 34.1 Å². The summed E-state index contributed by atoms with van der Waals surface area (Å²) in [5.74, 6) is 0. The molecule has 0 aliphatic carbocycles. The Hall–Kier alpha value is -0.250. The summed E-state index contributed by atoms with van der Waals surface area (Å²) in [6.07, 6.45) is 0. The van der Waals surface area contributed by atoms with E-state index < -0.39 is 0 Å². The molecule has 1 aromatic rings. The van der Waals surface area contributed by atoms with Crippen LogP contribution in [0.2, 0.25) is 5.02 Å². The molecule has 1 aliphatic heterocycles. The van der Waals surface area contributed by atoms with Gasteiger partial charge in [0.25, 0.3) is 0 Å². The first-order valence-corrected chi connectivity index (χ1v) is 5.22. The van der Waals surface area contributed by atoms with Crippen LogP contribution in [0.5, 0.6) is 0 Å². The normalized spacial score (nSPS) is 16.8. The molecule has 1 aliphatic rings. The molecule has 13 heavy (non-hydrogen) atoms. The third-order valence-corrected chi connectivity index (χ3v) is 2.82. The highest BCUT2D eigenvalue weighted by atomic mass is 79.9. The van der Waals surface area contributed by atoms with Crippen LogP contribution in [-0.2, 0) is 4.74 Å². The van der Waals surface area contributed by atoms with Crippen molar-refractivity contribution in [1.82, 2.24) is 0 Å². The molecule has 1 heterocycles. The molecular formula is C9H9BrClNO. The lowest BCUT2D eigenvalue weighted by Crippen LogP contribution is -2.40. The quantitative estimate of drug-likeness (QED) is 0.885.